The van der Waals surface area contributed by atoms with Crippen LogP contribution in [0.15, 0.2) is 52.6 Å². The third kappa shape index (κ3) is 5.32. The maximum Gasteiger partial charge on any atom is 0.529 e. The number of phosphoric ester groups is 1. The van der Waals surface area contributed by atoms with Gasteiger partial charge in [0.15, 0.2) is 0 Å². The average Bonchev–Trinajstić information content (AvgIpc) is 3.20. The molecule has 2 fully saturated rings. The van der Waals surface area contributed by atoms with Crippen LogP contribution in [0.25, 0.3) is 0 Å². The van der Waals surface area contributed by atoms with Gasteiger partial charge >= 0.3 is 7.82 Å². The molecule has 0 radical (unpaired) electrons. The van der Waals surface area contributed by atoms with Crippen molar-refractivity contribution in [2.45, 2.75) is 90.6 Å². The Morgan fingerprint density at radius 2 is 1.59 bits per heavy atom. The standard InChI is InChI=1S/C30H43O7PS/c1-6-34-38(31,35-7-2)36-28-15-14-26-25-13-10-22-20-23(37-39(32,33)24-11-8-21(3)9-12-24)16-18-29(22,4)27(25)17-19-30(26,28)5/h8-12,15,23,25-27H,6-7,13-14,16-20H2,1-5H3/t23?,25-,26?,27-,29-,30-/m0/s1. The summed E-state index contributed by atoms with van der Waals surface area (Å²) in [5, 5.41) is 0. The molecule has 0 bridgehead atoms. The molecule has 0 aliphatic heterocycles. The number of aryl methyl sites for hydroxylation is 1. The lowest BCUT2D eigenvalue weighted by Crippen LogP contribution is -2.50. The highest BCUT2D eigenvalue weighted by atomic mass is 32.2. The van der Waals surface area contributed by atoms with Gasteiger partial charge in [-0.15, -0.1) is 0 Å². The Morgan fingerprint density at radius 1 is 0.923 bits per heavy atom. The van der Waals surface area contributed by atoms with Crippen LogP contribution in [-0.4, -0.2) is 27.7 Å². The van der Waals surface area contributed by atoms with E-state index < -0.39 is 17.9 Å². The first-order valence-electron chi connectivity index (χ1n) is 14.4. The summed E-state index contributed by atoms with van der Waals surface area (Å²) in [6, 6.07) is 6.85. The fourth-order valence-electron chi connectivity index (χ4n) is 7.85. The lowest BCUT2D eigenvalue weighted by Gasteiger charge is -2.57. The van der Waals surface area contributed by atoms with Crippen molar-refractivity contribution in [1.29, 1.82) is 0 Å². The molecule has 2 unspecified atom stereocenters. The van der Waals surface area contributed by atoms with E-state index in [2.05, 4.69) is 26.0 Å². The van der Waals surface area contributed by atoms with Gasteiger partial charge < -0.3 is 4.52 Å². The minimum Gasteiger partial charge on any atom is -0.408 e. The van der Waals surface area contributed by atoms with Gasteiger partial charge in [-0.1, -0.05) is 43.2 Å². The molecule has 0 aromatic heterocycles. The summed E-state index contributed by atoms with van der Waals surface area (Å²) in [6.07, 6.45) is 10.3. The van der Waals surface area contributed by atoms with Gasteiger partial charge in [0.25, 0.3) is 10.1 Å². The second kappa shape index (κ2) is 10.8. The predicted molar refractivity (Wildman–Crippen MR) is 150 cm³/mol. The molecule has 1 aromatic carbocycles. The van der Waals surface area contributed by atoms with Crippen LogP contribution in [0.2, 0.25) is 0 Å². The number of hydrogen-bond donors (Lipinski definition) is 0. The number of allylic oxidation sites excluding steroid dienone is 3. The van der Waals surface area contributed by atoms with Crippen molar-refractivity contribution < 1.29 is 30.7 Å². The van der Waals surface area contributed by atoms with E-state index in [1.54, 1.807) is 38.1 Å². The van der Waals surface area contributed by atoms with Crippen LogP contribution in [0.1, 0.15) is 78.2 Å². The Morgan fingerprint density at radius 3 is 2.26 bits per heavy atom. The van der Waals surface area contributed by atoms with Gasteiger partial charge in [0.05, 0.1) is 24.2 Å². The second-order valence-electron chi connectivity index (χ2n) is 12.1. The number of benzene rings is 1. The first-order chi connectivity index (χ1) is 18.4. The molecule has 0 spiro atoms. The topological polar surface area (TPSA) is 88.1 Å². The molecule has 2 saturated carbocycles. The third-order valence-corrected chi connectivity index (χ3v) is 12.9. The molecule has 0 saturated heterocycles. The normalized spacial score (nSPS) is 34.4. The quantitative estimate of drug-likeness (QED) is 0.168. The molecule has 0 heterocycles. The molecule has 9 heteroatoms. The van der Waals surface area contributed by atoms with Gasteiger partial charge in [0.2, 0.25) is 0 Å². The van der Waals surface area contributed by atoms with Crippen molar-refractivity contribution in [3.8, 4) is 0 Å². The van der Waals surface area contributed by atoms with Crippen molar-refractivity contribution in [3.63, 3.8) is 0 Å². The SMILES string of the molecule is CCOP(=O)(OCC)OC1=CCC2[C@@H]3CC=C4CC(OS(=O)(=O)c5ccc(C)cc5)CC[C@]4(C)[C@H]3CC[C@]12C. The van der Waals surface area contributed by atoms with Crippen LogP contribution in [0.3, 0.4) is 0 Å². The zero-order valence-corrected chi connectivity index (χ0v) is 25.6. The van der Waals surface area contributed by atoms with Crippen molar-refractivity contribution in [3.05, 3.63) is 53.3 Å². The van der Waals surface area contributed by atoms with Crippen molar-refractivity contribution >= 4 is 17.9 Å². The summed E-state index contributed by atoms with van der Waals surface area (Å²) < 4.78 is 61.8. The zero-order chi connectivity index (χ0) is 28.1. The minimum atomic E-state index is -3.80. The van der Waals surface area contributed by atoms with E-state index in [9.17, 15) is 13.0 Å². The van der Waals surface area contributed by atoms with Gasteiger partial charge in [-0.05, 0) is 107 Å². The predicted octanol–water partition coefficient (Wildman–Crippen LogP) is 7.72. The van der Waals surface area contributed by atoms with E-state index in [-0.39, 0.29) is 35.0 Å². The molecule has 216 valence electrons. The van der Waals surface area contributed by atoms with Gasteiger partial charge in [-0.25, -0.2) is 4.57 Å². The fraction of sp³-hybridized carbons (Fsp3) is 0.667. The molecule has 0 N–H and O–H groups in total. The number of phosphoric acid groups is 1. The highest BCUT2D eigenvalue weighted by Gasteiger charge is 2.58. The van der Waals surface area contributed by atoms with E-state index in [4.69, 9.17) is 17.8 Å². The number of rotatable bonds is 9. The molecule has 6 atom stereocenters. The maximum absolute atomic E-state index is 13.2. The molecule has 4 aliphatic carbocycles. The molecule has 5 rings (SSSR count). The summed E-state index contributed by atoms with van der Waals surface area (Å²) in [5.41, 5.74) is 2.20. The van der Waals surface area contributed by atoms with Crippen LogP contribution in [0.5, 0.6) is 0 Å². The van der Waals surface area contributed by atoms with Crippen molar-refractivity contribution in [1.82, 2.24) is 0 Å². The zero-order valence-electron chi connectivity index (χ0n) is 23.9. The van der Waals surface area contributed by atoms with Crippen LogP contribution in [0.4, 0.5) is 0 Å². The van der Waals surface area contributed by atoms with Crippen LogP contribution >= 0.6 is 7.82 Å². The van der Waals surface area contributed by atoms with Crippen molar-refractivity contribution in [2.75, 3.05) is 13.2 Å². The Hall–Kier alpha value is -1.44. The lowest BCUT2D eigenvalue weighted by molar-refractivity contribution is -0.0376. The Bertz CT molecular complexity index is 1280. The average molecular weight is 579 g/mol. The molecule has 4 aliphatic rings. The van der Waals surface area contributed by atoms with Crippen molar-refractivity contribution in [2.24, 2.45) is 28.6 Å². The fourth-order valence-corrected chi connectivity index (χ4v) is 10.3. The lowest BCUT2D eigenvalue weighted by atomic mass is 9.48. The molecular weight excluding hydrogens is 535 g/mol. The smallest absolute Gasteiger partial charge is 0.408 e. The summed E-state index contributed by atoms with van der Waals surface area (Å²) in [6.45, 7) is 10.7. The number of hydrogen-bond acceptors (Lipinski definition) is 7. The van der Waals surface area contributed by atoms with E-state index in [1.807, 2.05) is 6.92 Å². The summed E-state index contributed by atoms with van der Waals surface area (Å²) in [5.74, 6) is 2.16. The highest BCUT2D eigenvalue weighted by Crippen LogP contribution is 2.67. The van der Waals surface area contributed by atoms with Crippen LogP contribution in [-0.2, 0) is 32.4 Å². The monoisotopic (exact) mass is 578 g/mol. The first kappa shape index (κ1) is 29.1. The Balaban J connectivity index is 1.30. The summed E-state index contributed by atoms with van der Waals surface area (Å²) >= 11 is 0. The molecule has 0 amide bonds. The van der Waals surface area contributed by atoms with Gasteiger partial charge in [0, 0.05) is 5.41 Å². The second-order valence-corrected chi connectivity index (χ2v) is 15.3. The van der Waals surface area contributed by atoms with Gasteiger partial charge in [-0.3, -0.25) is 13.2 Å². The molecular formula is C30H43O7PS. The molecule has 39 heavy (non-hydrogen) atoms. The maximum atomic E-state index is 13.2. The van der Waals surface area contributed by atoms with E-state index in [0.717, 1.165) is 49.8 Å². The third-order valence-electron chi connectivity index (χ3n) is 9.93. The van der Waals surface area contributed by atoms with E-state index in [0.29, 0.717) is 24.2 Å². The van der Waals surface area contributed by atoms with Gasteiger partial charge in [-0.2, -0.15) is 8.42 Å². The number of fused-ring (bicyclic) bond motifs is 5. The first-order valence-corrected chi connectivity index (χ1v) is 17.3. The molecule has 1 aromatic rings. The Labute approximate surface area is 234 Å². The van der Waals surface area contributed by atoms with Crippen LogP contribution < -0.4 is 0 Å². The Kier molecular flexibility index (Phi) is 8.02. The minimum absolute atomic E-state index is 0.0350. The van der Waals surface area contributed by atoms with E-state index >= 15 is 0 Å². The summed E-state index contributed by atoms with van der Waals surface area (Å²) in [4.78, 5) is 0.218. The summed E-state index contributed by atoms with van der Waals surface area (Å²) in [7, 11) is -7.44. The van der Waals surface area contributed by atoms with Crippen LogP contribution in [0, 0.1) is 35.5 Å². The molecule has 7 nitrogen and oxygen atoms in total. The van der Waals surface area contributed by atoms with Gasteiger partial charge in [0.1, 0.15) is 5.76 Å². The highest BCUT2D eigenvalue weighted by molar-refractivity contribution is 7.86. The van der Waals surface area contributed by atoms with E-state index in [1.165, 1.54) is 5.57 Å². The largest absolute Gasteiger partial charge is 0.529 e.